The van der Waals surface area contributed by atoms with E-state index >= 15 is 0 Å². The summed E-state index contributed by atoms with van der Waals surface area (Å²) in [4.78, 5) is 66.7. The lowest BCUT2D eigenvalue weighted by atomic mass is 10.0. The van der Waals surface area contributed by atoms with E-state index in [9.17, 15) is 24.0 Å². The zero-order valence-corrected chi connectivity index (χ0v) is 17.0. The molecule has 0 radical (unpaired) electrons. The number of carbonyl (C=O) groups excluding carboxylic acids is 5. The molecule has 3 aliphatic heterocycles. The van der Waals surface area contributed by atoms with Crippen LogP contribution in [0.15, 0.2) is 18.2 Å². The Morgan fingerprint density at radius 2 is 1.84 bits per heavy atom. The fraction of sp³-hybridized carbons (Fsp3) is 0.476. The molecule has 1 unspecified atom stereocenters. The van der Waals surface area contributed by atoms with Gasteiger partial charge < -0.3 is 10.5 Å². The van der Waals surface area contributed by atoms with Gasteiger partial charge in [-0.3, -0.25) is 38.7 Å². The minimum atomic E-state index is -1.09. The zero-order valence-electron chi connectivity index (χ0n) is 17.0. The highest BCUT2D eigenvalue weighted by Crippen LogP contribution is 2.32. The van der Waals surface area contributed by atoms with Gasteiger partial charge in [0, 0.05) is 12.1 Å². The number of nitrogen functional groups attached to an aromatic ring is 1. The number of amides is 4. The maximum absolute atomic E-state index is 13.0. The molecule has 1 atom stereocenters. The first-order valence-corrected chi connectivity index (χ1v) is 10.4. The molecule has 10 nitrogen and oxygen atoms in total. The van der Waals surface area contributed by atoms with Crippen molar-refractivity contribution in [3.63, 3.8) is 0 Å². The highest BCUT2D eigenvalue weighted by atomic mass is 16.5. The molecule has 164 valence electrons. The highest BCUT2D eigenvalue weighted by molar-refractivity contribution is 6.25. The van der Waals surface area contributed by atoms with E-state index < -0.39 is 35.6 Å². The topological polar surface area (TPSA) is 130 Å². The first kappa shape index (κ1) is 21.0. The number of imide groups is 2. The van der Waals surface area contributed by atoms with Gasteiger partial charge in [-0.25, -0.2) is 0 Å². The summed E-state index contributed by atoms with van der Waals surface area (Å²) < 4.78 is 5.18. The van der Waals surface area contributed by atoms with Crippen molar-refractivity contribution in [1.82, 2.24) is 14.7 Å². The number of likely N-dealkylation sites (tertiary alicyclic amines) is 2. The van der Waals surface area contributed by atoms with Crippen LogP contribution in [-0.2, 0) is 19.1 Å². The first-order chi connectivity index (χ1) is 14.9. The third-order valence-electron chi connectivity index (χ3n) is 5.90. The normalized spacial score (nSPS) is 21.7. The summed E-state index contributed by atoms with van der Waals surface area (Å²) in [5.74, 6) is -2.72. The predicted octanol–water partition coefficient (Wildman–Crippen LogP) is 0.0214. The minimum Gasteiger partial charge on any atom is -0.463 e. The Balaban J connectivity index is 1.40. The number of anilines is 1. The van der Waals surface area contributed by atoms with E-state index in [0.29, 0.717) is 0 Å². The molecule has 2 N–H and O–H groups in total. The Labute approximate surface area is 178 Å². The predicted molar refractivity (Wildman–Crippen MR) is 108 cm³/mol. The molecule has 0 aromatic heterocycles. The molecule has 10 heteroatoms. The third kappa shape index (κ3) is 3.90. The maximum atomic E-state index is 13.0. The van der Waals surface area contributed by atoms with Crippen molar-refractivity contribution < 1.29 is 28.7 Å². The SMILES string of the molecule is Nc1cccc2c1C(=O)N(C1CCC(=O)N(CCOC(=O)CN3CCCC3)C1=O)C2=O. The van der Waals surface area contributed by atoms with E-state index in [-0.39, 0.29) is 49.4 Å². The van der Waals surface area contributed by atoms with Gasteiger partial charge in [-0.2, -0.15) is 0 Å². The molecule has 2 saturated heterocycles. The van der Waals surface area contributed by atoms with Gasteiger partial charge in [0.15, 0.2) is 0 Å². The Bertz CT molecular complexity index is 955. The fourth-order valence-electron chi connectivity index (χ4n) is 4.33. The lowest BCUT2D eigenvalue weighted by Crippen LogP contribution is -2.56. The van der Waals surface area contributed by atoms with Gasteiger partial charge in [0.25, 0.3) is 17.7 Å². The number of carbonyl (C=O) groups is 5. The lowest BCUT2D eigenvalue weighted by Gasteiger charge is -2.34. The molecule has 31 heavy (non-hydrogen) atoms. The van der Waals surface area contributed by atoms with Crippen molar-refractivity contribution in [3.05, 3.63) is 29.3 Å². The summed E-state index contributed by atoms with van der Waals surface area (Å²) in [5, 5.41) is 0. The number of benzene rings is 1. The number of hydrogen-bond acceptors (Lipinski definition) is 8. The van der Waals surface area contributed by atoms with Crippen LogP contribution < -0.4 is 5.73 Å². The van der Waals surface area contributed by atoms with Gasteiger partial charge in [0.1, 0.15) is 12.6 Å². The van der Waals surface area contributed by atoms with Gasteiger partial charge in [0.2, 0.25) is 5.91 Å². The van der Waals surface area contributed by atoms with Crippen LogP contribution in [0.25, 0.3) is 0 Å². The number of esters is 1. The van der Waals surface area contributed by atoms with Gasteiger partial charge in [-0.05, 0) is 44.5 Å². The molecule has 4 rings (SSSR count). The van der Waals surface area contributed by atoms with Gasteiger partial charge in [0.05, 0.1) is 24.2 Å². The highest BCUT2D eigenvalue weighted by Gasteiger charge is 2.47. The second kappa shape index (κ2) is 8.46. The summed E-state index contributed by atoms with van der Waals surface area (Å²) in [6.07, 6.45) is 2.15. The molecule has 4 amide bonds. The quantitative estimate of drug-likeness (QED) is 0.381. The second-order valence-corrected chi connectivity index (χ2v) is 7.89. The molecule has 3 heterocycles. The Morgan fingerprint density at radius 1 is 1.10 bits per heavy atom. The summed E-state index contributed by atoms with van der Waals surface area (Å²) in [7, 11) is 0. The molecule has 0 bridgehead atoms. The van der Waals surface area contributed by atoms with E-state index in [0.717, 1.165) is 35.7 Å². The Morgan fingerprint density at radius 3 is 2.55 bits per heavy atom. The van der Waals surface area contributed by atoms with Crippen LogP contribution in [0.1, 0.15) is 46.4 Å². The molecule has 1 aromatic carbocycles. The van der Waals surface area contributed by atoms with Gasteiger partial charge >= 0.3 is 5.97 Å². The molecule has 3 aliphatic rings. The number of hydrogen-bond donors (Lipinski definition) is 1. The van der Waals surface area contributed by atoms with Crippen molar-refractivity contribution in [2.45, 2.75) is 31.7 Å². The van der Waals surface area contributed by atoms with E-state index in [1.54, 1.807) is 6.07 Å². The fourth-order valence-corrected chi connectivity index (χ4v) is 4.33. The average molecular weight is 428 g/mol. The molecule has 0 saturated carbocycles. The molecule has 1 aromatic rings. The number of ether oxygens (including phenoxy) is 1. The number of fused-ring (bicyclic) bond motifs is 1. The van der Waals surface area contributed by atoms with E-state index in [1.165, 1.54) is 12.1 Å². The second-order valence-electron chi connectivity index (χ2n) is 7.89. The lowest BCUT2D eigenvalue weighted by molar-refractivity contribution is -0.155. The largest absolute Gasteiger partial charge is 0.463 e. The van der Waals surface area contributed by atoms with Crippen LogP contribution >= 0.6 is 0 Å². The molecular formula is C21H24N4O6. The summed E-state index contributed by atoms with van der Waals surface area (Å²) >= 11 is 0. The van der Waals surface area contributed by atoms with Crippen LogP contribution in [-0.4, -0.2) is 83.1 Å². The molecular weight excluding hydrogens is 404 g/mol. The number of nitrogens with two attached hydrogens (primary N) is 1. The molecule has 0 aliphatic carbocycles. The van der Waals surface area contributed by atoms with Crippen LogP contribution in [0.5, 0.6) is 0 Å². The summed E-state index contributed by atoms with van der Waals surface area (Å²) in [6, 6.07) is 3.48. The van der Waals surface area contributed by atoms with Crippen molar-refractivity contribution >= 4 is 35.3 Å². The van der Waals surface area contributed by atoms with Crippen LogP contribution in [0.2, 0.25) is 0 Å². The Hall–Kier alpha value is -3.27. The monoisotopic (exact) mass is 428 g/mol. The number of nitrogens with zero attached hydrogens (tertiary/aromatic N) is 3. The summed E-state index contributed by atoms with van der Waals surface area (Å²) in [6.45, 7) is 1.63. The summed E-state index contributed by atoms with van der Waals surface area (Å²) in [5.41, 5.74) is 6.25. The zero-order chi connectivity index (χ0) is 22.1. The van der Waals surface area contributed by atoms with Crippen molar-refractivity contribution in [2.24, 2.45) is 0 Å². The first-order valence-electron chi connectivity index (χ1n) is 10.4. The third-order valence-corrected chi connectivity index (χ3v) is 5.90. The number of piperidine rings is 1. The maximum Gasteiger partial charge on any atom is 0.320 e. The molecule has 2 fully saturated rings. The van der Waals surface area contributed by atoms with Crippen molar-refractivity contribution in [2.75, 3.05) is 38.5 Å². The molecule has 0 spiro atoms. The van der Waals surface area contributed by atoms with E-state index in [2.05, 4.69) is 0 Å². The number of rotatable bonds is 6. The van der Waals surface area contributed by atoms with Gasteiger partial charge in [-0.15, -0.1) is 0 Å². The van der Waals surface area contributed by atoms with Crippen LogP contribution in [0.3, 0.4) is 0 Å². The average Bonchev–Trinajstić information content (AvgIpc) is 3.32. The smallest absolute Gasteiger partial charge is 0.320 e. The van der Waals surface area contributed by atoms with E-state index in [4.69, 9.17) is 10.5 Å². The van der Waals surface area contributed by atoms with Gasteiger partial charge in [-0.1, -0.05) is 6.07 Å². The Kier molecular flexibility index (Phi) is 5.73. The van der Waals surface area contributed by atoms with Crippen molar-refractivity contribution in [3.8, 4) is 0 Å². The van der Waals surface area contributed by atoms with Crippen LogP contribution in [0.4, 0.5) is 5.69 Å². The van der Waals surface area contributed by atoms with E-state index in [1.807, 2.05) is 4.90 Å². The van der Waals surface area contributed by atoms with Crippen molar-refractivity contribution in [1.29, 1.82) is 0 Å². The standard InChI is InChI=1S/C21H24N4O6/c22-14-5-3-4-13-18(14)21(30)25(19(13)28)15-6-7-16(26)24(20(15)29)10-11-31-17(27)12-23-8-1-2-9-23/h3-5,15H,1-2,6-12,22H2. The minimum absolute atomic E-state index is 0.00101. The van der Waals surface area contributed by atoms with Crippen LogP contribution in [0, 0.1) is 0 Å².